The van der Waals surface area contributed by atoms with Crippen molar-refractivity contribution in [1.29, 1.82) is 0 Å². The van der Waals surface area contributed by atoms with Crippen molar-refractivity contribution in [2.75, 3.05) is 4.90 Å². The minimum Gasteiger partial charge on any atom is -0.399 e. The van der Waals surface area contributed by atoms with E-state index in [9.17, 15) is 0 Å². The molecule has 2 aliphatic carbocycles. The molecule has 0 amide bonds. The second-order valence-corrected chi connectivity index (χ2v) is 24.6. The number of hydrogen-bond donors (Lipinski definition) is 0. The summed E-state index contributed by atoms with van der Waals surface area (Å²) in [6, 6.07) is 65.7. The fraction of sp³-hybridized carbons (Fsp3) is 0.265. The highest BCUT2D eigenvalue weighted by Crippen LogP contribution is 2.55. The van der Waals surface area contributed by atoms with E-state index in [1.807, 2.05) is 0 Å². The highest BCUT2D eigenvalue weighted by Gasteiger charge is 2.53. The van der Waals surface area contributed by atoms with Crippen LogP contribution >= 0.6 is 0 Å². The largest absolute Gasteiger partial charge is 0.494 e. The summed E-state index contributed by atoms with van der Waals surface area (Å²) in [4.78, 5) is 2.35. The van der Waals surface area contributed by atoms with Crippen molar-refractivity contribution in [1.82, 2.24) is 0 Å². The van der Waals surface area contributed by atoms with Crippen LogP contribution in [0.3, 0.4) is 0 Å². The topological polar surface area (TPSA) is 40.2 Å². The number of nitrogens with zero attached hydrogens (tertiary/aromatic N) is 1. The van der Waals surface area contributed by atoms with Gasteiger partial charge in [0.1, 0.15) is 0 Å². The fourth-order valence-electron chi connectivity index (χ4n) is 12.6. The quantitative estimate of drug-likeness (QED) is 0.118. The summed E-state index contributed by atoms with van der Waals surface area (Å²) < 4.78 is 25.9. The SMILES string of the molecule is CC1(C)c2ccccc2-c2ccc(-c3c4ccccc4c(-c4ccc5c(c4)C(C)(C)c4cc(N(c6ccc(B7OC(C)(C)C(C)(C)O7)cc6)c6ccc(B7OC(C)(C)C(C)(C)O7)cc6)ccc4-5)c4ccccc34)cc21. The first-order valence-electron chi connectivity index (χ1n) is 26.8. The Labute approximate surface area is 444 Å². The Hall–Kier alpha value is -6.73. The van der Waals surface area contributed by atoms with E-state index in [1.54, 1.807) is 0 Å². The standard InChI is InChI=1S/C68H65B2NO4/c1-63(2)57-24-18-17-19-49(57)50-36-25-42(39-58(50)63)61-53-20-13-15-22-55(53)62(56-23-16-14-21-54(56)61)43-26-37-51-52-38-35-48(41-60(52)64(3,4)59(51)40-43)71(46-31-27-44(28-32-46)69-72-65(5,6)66(7,8)73-69)47-33-29-45(30-34-47)70-74-67(9,10)68(11,12)75-70/h13-41H,1-12H3. The molecule has 7 heteroatoms. The molecule has 0 bridgehead atoms. The Morgan fingerprint density at radius 3 is 1.04 bits per heavy atom. The van der Waals surface area contributed by atoms with Gasteiger partial charge < -0.3 is 23.5 Å². The van der Waals surface area contributed by atoms with Crippen LogP contribution in [0.2, 0.25) is 0 Å². The van der Waals surface area contributed by atoms with Crippen LogP contribution in [0.5, 0.6) is 0 Å². The van der Waals surface area contributed by atoms with E-state index in [1.165, 1.54) is 88.3 Å². The van der Waals surface area contributed by atoms with Gasteiger partial charge in [0.25, 0.3) is 0 Å². The predicted molar refractivity (Wildman–Crippen MR) is 314 cm³/mol. The van der Waals surface area contributed by atoms with Gasteiger partial charge in [-0.15, -0.1) is 0 Å². The minimum atomic E-state index is -0.453. The molecule has 2 heterocycles. The zero-order valence-electron chi connectivity index (χ0n) is 45.5. The van der Waals surface area contributed by atoms with Gasteiger partial charge in [-0.3, -0.25) is 0 Å². The molecule has 0 radical (unpaired) electrons. The molecule has 0 spiro atoms. The summed E-state index contributed by atoms with van der Waals surface area (Å²) in [5.41, 5.74) is 18.7. The molecule has 0 N–H and O–H groups in total. The van der Waals surface area contributed by atoms with Gasteiger partial charge >= 0.3 is 14.2 Å². The third kappa shape index (κ3) is 7.22. The number of hydrogen-bond acceptors (Lipinski definition) is 5. The van der Waals surface area contributed by atoms with E-state index in [-0.39, 0.29) is 10.8 Å². The molecule has 2 fully saturated rings. The van der Waals surface area contributed by atoms with E-state index >= 15 is 0 Å². The van der Waals surface area contributed by atoms with Gasteiger partial charge in [0, 0.05) is 27.9 Å². The monoisotopic (exact) mass is 982 g/mol. The molecule has 0 saturated carbocycles. The second-order valence-electron chi connectivity index (χ2n) is 24.6. The first kappa shape index (κ1) is 47.9. The van der Waals surface area contributed by atoms with Gasteiger partial charge in [-0.2, -0.15) is 0 Å². The molecule has 0 unspecified atom stereocenters. The normalized spacial score (nSPS) is 18.8. The molecule has 0 atom stereocenters. The summed E-state index contributed by atoms with van der Waals surface area (Å²) >= 11 is 0. The van der Waals surface area contributed by atoms with Crippen LogP contribution in [-0.4, -0.2) is 36.6 Å². The average molecular weight is 982 g/mol. The fourth-order valence-corrected chi connectivity index (χ4v) is 12.6. The van der Waals surface area contributed by atoms with Crippen LogP contribution in [0.25, 0.3) is 66.1 Å². The lowest BCUT2D eigenvalue weighted by Gasteiger charge is -2.32. The second kappa shape index (κ2) is 16.4. The van der Waals surface area contributed by atoms with E-state index < -0.39 is 36.6 Å². The maximum absolute atomic E-state index is 6.49. The van der Waals surface area contributed by atoms with E-state index in [4.69, 9.17) is 18.6 Å². The predicted octanol–water partition coefficient (Wildman–Crippen LogP) is 16.0. The Morgan fingerprint density at radius 2 is 0.627 bits per heavy atom. The van der Waals surface area contributed by atoms with Crippen molar-refractivity contribution in [3.8, 4) is 44.5 Å². The van der Waals surface area contributed by atoms with Crippen molar-refractivity contribution >= 4 is 63.8 Å². The van der Waals surface area contributed by atoms with Crippen LogP contribution in [0.4, 0.5) is 17.1 Å². The van der Waals surface area contributed by atoms with Crippen molar-refractivity contribution in [2.45, 2.75) is 116 Å². The number of benzene rings is 9. The average Bonchev–Trinajstić information content (AvgIpc) is 3.95. The van der Waals surface area contributed by atoms with Crippen molar-refractivity contribution < 1.29 is 18.6 Å². The van der Waals surface area contributed by atoms with Crippen molar-refractivity contribution in [3.63, 3.8) is 0 Å². The lowest BCUT2D eigenvalue weighted by molar-refractivity contribution is 0.00578. The highest BCUT2D eigenvalue weighted by atomic mass is 16.7. The molecular weight excluding hydrogens is 916 g/mol. The van der Waals surface area contributed by atoms with Gasteiger partial charge in [0.15, 0.2) is 0 Å². The minimum absolute atomic E-state index is 0.0928. The summed E-state index contributed by atoms with van der Waals surface area (Å²) in [6.45, 7) is 26.3. The summed E-state index contributed by atoms with van der Waals surface area (Å²) in [6.07, 6.45) is 0. The van der Waals surface area contributed by atoms with E-state index in [0.29, 0.717) is 0 Å². The third-order valence-electron chi connectivity index (χ3n) is 18.4. The summed E-state index contributed by atoms with van der Waals surface area (Å²) in [5, 5.41) is 5.05. The van der Waals surface area contributed by atoms with Crippen molar-refractivity contribution in [3.05, 3.63) is 198 Å². The van der Waals surface area contributed by atoms with Gasteiger partial charge in [0.2, 0.25) is 0 Å². The molecule has 5 nitrogen and oxygen atoms in total. The molecule has 9 aromatic rings. The van der Waals surface area contributed by atoms with Gasteiger partial charge in [-0.1, -0.05) is 155 Å². The van der Waals surface area contributed by atoms with E-state index in [0.717, 1.165) is 28.0 Å². The summed E-state index contributed by atoms with van der Waals surface area (Å²) in [5.74, 6) is 0. The molecule has 0 aromatic heterocycles. The number of rotatable bonds is 7. The first-order valence-corrected chi connectivity index (χ1v) is 26.8. The van der Waals surface area contributed by atoms with Crippen LogP contribution in [-0.2, 0) is 29.4 Å². The molecule has 2 saturated heterocycles. The van der Waals surface area contributed by atoms with E-state index in [2.05, 4.69) is 264 Å². The maximum Gasteiger partial charge on any atom is 0.494 e. The molecule has 372 valence electrons. The highest BCUT2D eigenvalue weighted by molar-refractivity contribution is 6.62. The van der Waals surface area contributed by atoms with Crippen LogP contribution in [0, 0.1) is 0 Å². The van der Waals surface area contributed by atoms with Gasteiger partial charge in [-0.25, -0.2) is 0 Å². The maximum atomic E-state index is 6.49. The summed E-state index contributed by atoms with van der Waals surface area (Å²) in [7, 11) is -0.906. The van der Waals surface area contributed by atoms with Crippen LogP contribution < -0.4 is 15.8 Å². The number of fused-ring (bicyclic) bond motifs is 8. The van der Waals surface area contributed by atoms with Gasteiger partial charge in [0.05, 0.1) is 22.4 Å². The van der Waals surface area contributed by atoms with Crippen molar-refractivity contribution in [2.24, 2.45) is 0 Å². The molecule has 9 aromatic carbocycles. The number of anilines is 3. The lowest BCUT2D eigenvalue weighted by Crippen LogP contribution is -2.41. The smallest absolute Gasteiger partial charge is 0.399 e. The first-order chi connectivity index (χ1) is 35.6. The Bertz CT molecular complexity index is 3640. The Balaban J connectivity index is 0.893. The van der Waals surface area contributed by atoms with Crippen LogP contribution in [0.15, 0.2) is 176 Å². The Kier molecular flexibility index (Phi) is 10.5. The molecule has 4 aliphatic rings. The molecular formula is C68H65B2NO4. The molecule has 75 heavy (non-hydrogen) atoms. The third-order valence-corrected chi connectivity index (χ3v) is 18.4. The lowest BCUT2D eigenvalue weighted by atomic mass is 9.78. The zero-order chi connectivity index (χ0) is 52.2. The van der Waals surface area contributed by atoms with Gasteiger partial charge in [-0.05, 0) is 203 Å². The zero-order valence-corrected chi connectivity index (χ0v) is 45.5. The van der Waals surface area contributed by atoms with Crippen LogP contribution in [0.1, 0.15) is 105 Å². The molecule has 2 aliphatic heterocycles. The Morgan fingerprint density at radius 1 is 0.307 bits per heavy atom. The molecule has 13 rings (SSSR count).